The summed E-state index contributed by atoms with van der Waals surface area (Å²) in [7, 11) is 0. The van der Waals surface area contributed by atoms with Crippen molar-refractivity contribution in [2.24, 2.45) is 11.8 Å². The van der Waals surface area contributed by atoms with E-state index in [0.717, 1.165) is 73.0 Å². The van der Waals surface area contributed by atoms with Gasteiger partial charge >= 0.3 is 5.97 Å². The average Bonchev–Trinajstić information content (AvgIpc) is 2.82. The predicted octanol–water partition coefficient (Wildman–Crippen LogP) is 4.28. The number of carbonyl (C=O) groups excluding carboxylic acids is 1. The van der Waals surface area contributed by atoms with Crippen LogP contribution < -0.4 is 10.6 Å². The van der Waals surface area contributed by atoms with Crippen molar-refractivity contribution < 1.29 is 14.7 Å². The van der Waals surface area contributed by atoms with Gasteiger partial charge in [-0.1, -0.05) is 24.3 Å². The Morgan fingerprint density at radius 2 is 2.03 bits per heavy atom. The summed E-state index contributed by atoms with van der Waals surface area (Å²) >= 11 is 0. The van der Waals surface area contributed by atoms with E-state index in [-0.39, 0.29) is 18.2 Å². The highest BCUT2D eigenvalue weighted by Gasteiger charge is 2.35. The van der Waals surface area contributed by atoms with Crippen LogP contribution in [0.25, 0.3) is 10.9 Å². The van der Waals surface area contributed by atoms with E-state index in [1.807, 2.05) is 30.3 Å². The molecule has 3 heterocycles. The first kappa shape index (κ1) is 22.3. The Kier molecular flexibility index (Phi) is 6.43. The first-order valence-electron chi connectivity index (χ1n) is 12.1. The number of carboxylic acid groups (broad SMARTS) is 1. The second-order valence-corrected chi connectivity index (χ2v) is 9.53. The maximum atomic E-state index is 12.9. The van der Waals surface area contributed by atoms with Gasteiger partial charge in [0.1, 0.15) is 5.82 Å². The Balaban J connectivity index is 1.15. The topological polar surface area (TPSA) is 104 Å². The molecule has 5 rings (SSSR count). The molecule has 1 aliphatic carbocycles. The van der Waals surface area contributed by atoms with Crippen molar-refractivity contribution in [3.05, 3.63) is 65.5 Å². The molecule has 1 aromatic carbocycles. The van der Waals surface area contributed by atoms with E-state index >= 15 is 0 Å². The SMILES string of the molecule is O=C(O)C[C@H](NC(=O)[C@H]1C[C@@H](CCc2ccc3c(n2)NCCC3)C1)c1cnc2ccccc2c1. The number of para-hydroxylation sites is 1. The number of hydrogen-bond donors (Lipinski definition) is 3. The molecule has 0 spiro atoms. The molecule has 2 aliphatic rings. The Morgan fingerprint density at radius 1 is 1.18 bits per heavy atom. The second kappa shape index (κ2) is 9.79. The van der Waals surface area contributed by atoms with Crippen LogP contribution >= 0.6 is 0 Å². The molecular weight excluding hydrogens is 428 g/mol. The first-order valence-corrected chi connectivity index (χ1v) is 12.1. The number of benzene rings is 1. The zero-order valence-corrected chi connectivity index (χ0v) is 19.2. The van der Waals surface area contributed by atoms with Gasteiger partial charge in [-0.05, 0) is 73.8 Å². The minimum absolute atomic E-state index is 0.0622. The van der Waals surface area contributed by atoms with Crippen molar-refractivity contribution in [2.75, 3.05) is 11.9 Å². The molecule has 2 aromatic heterocycles. The maximum absolute atomic E-state index is 12.9. The number of aliphatic carboxylic acids is 1. The molecule has 1 aliphatic heterocycles. The minimum Gasteiger partial charge on any atom is -0.481 e. The normalized spacial score (nSPS) is 20.0. The van der Waals surface area contributed by atoms with E-state index in [2.05, 4.69) is 27.8 Å². The van der Waals surface area contributed by atoms with E-state index in [1.165, 1.54) is 5.56 Å². The van der Waals surface area contributed by atoms with E-state index in [4.69, 9.17) is 4.98 Å². The molecule has 0 radical (unpaired) electrons. The molecule has 176 valence electrons. The van der Waals surface area contributed by atoms with Crippen molar-refractivity contribution in [2.45, 2.75) is 51.0 Å². The molecule has 0 unspecified atom stereocenters. The fraction of sp³-hybridized carbons (Fsp3) is 0.407. The van der Waals surface area contributed by atoms with Crippen LogP contribution in [0, 0.1) is 11.8 Å². The third-order valence-corrected chi connectivity index (χ3v) is 7.08. The van der Waals surface area contributed by atoms with Crippen molar-refractivity contribution in [1.29, 1.82) is 0 Å². The van der Waals surface area contributed by atoms with Crippen molar-refractivity contribution in [3.63, 3.8) is 0 Å². The molecule has 1 atom stereocenters. The number of aryl methyl sites for hydroxylation is 2. The average molecular weight is 459 g/mol. The van der Waals surface area contributed by atoms with Crippen molar-refractivity contribution >= 4 is 28.6 Å². The lowest BCUT2D eigenvalue weighted by Gasteiger charge is -2.35. The third kappa shape index (κ3) is 5.03. The molecule has 1 fully saturated rings. The number of aromatic nitrogens is 2. The van der Waals surface area contributed by atoms with Gasteiger partial charge < -0.3 is 15.7 Å². The summed E-state index contributed by atoms with van der Waals surface area (Å²) in [4.78, 5) is 33.6. The van der Waals surface area contributed by atoms with Crippen LogP contribution in [0.3, 0.4) is 0 Å². The number of rotatable bonds is 8. The van der Waals surface area contributed by atoms with Gasteiger partial charge in [-0.2, -0.15) is 0 Å². The molecule has 0 bridgehead atoms. The molecule has 1 saturated carbocycles. The first-order chi connectivity index (χ1) is 16.5. The Bertz CT molecular complexity index is 1210. The summed E-state index contributed by atoms with van der Waals surface area (Å²) < 4.78 is 0. The summed E-state index contributed by atoms with van der Waals surface area (Å²) in [5.41, 5.74) is 3.97. The lowest BCUT2D eigenvalue weighted by Crippen LogP contribution is -2.41. The zero-order valence-electron chi connectivity index (χ0n) is 19.2. The van der Waals surface area contributed by atoms with E-state index in [0.29, 0.717) is 5.92 Å². The molecule has 1 amide bonds. The molecule has 0 saturated heterocycles. The van der Waals surface area contributed by atoms with Crippen LogP contribution in [0.15, 0.2) is 48.7 Å². The third-order valence-electron chi connectivity index (χ3n) is 7.08. The summed E-state index contributed by atoms with van der Waals surface area (Å²) in [5.74, 6) is 0.459. The molecule has 34 heavy (non-hydrogen) atoms. The number of nitrogens with zero attached hydrogens (tertiary/aromatic N) is 2. The van der Waals surface area contributed by atoms with Crippen molar-refractivity contribution in [1.82, 2.24) is 15.3 Å². The minimum atomic E-state index is -0.947. The van der Waals surface area contributed by atoms with Gasteiger partial charge in [0.25, 0.3) is 0 Å². The van der Waals surface area contributed by atoms with Gasteiger partial charge in [0.15, 0.2) is 0 Å². The number of carboxylic acids is 1. The van der Waals surface area contributed by atoms with Gasteiger partial charge in [-0.15, -0.1) is 0 Å². The van der Waals surface area contributed by atoms with Crippen LogP contribution in [0.5, 0.6) is 0 Å². The lowest BCUT2D eigenvalue weighted by atomic mass is 9.72. The Hall–Kier alpha value is -3.48. The van der Waals surface area contributed by atoms with E-state index in [1.54, 1.807) is 6.20 Å². The van der Waals surface area contributed by atoms with Crippen LogP contribution in [0.4, 0.5) is 5.82 Å². The Morgan fingerprint density at radius 3 is 2.88 bits per heavy atom. The van der Waals surface area contributed by atoms with Crippen LogP contribution in [0.2, 0.25) is 0 Å². The fourth-order valence-corrected chi connectivity index (χ4v) is 5.04. The number of pyridine rings is 2. The number of anilines is 1. The zero-order chi connectivity index (χ0) is 23.5. The maximum Gasteiger partial charge on any atom is 0.305 e. The molecule has 3 N–H and O–H groups in total. The van der Waals surface area contributed by atoms with E-state index in [9.17, 15) is 14.7 Å². The number of amides is 1. The fourth-order valence-electron chi connectivity index (χ4n) is 5.04. The van der Waals surface area contributed by atoms with Crippen LogP contribution in [0.1, 0.15) is 55.0 Å². The van der Waals surface area contributed by atoms with Gasteiger partial charge in [-0.25, -0.2) is 4.98 Å². The quantitative estimate of drug-likeness (QED) is 0.465. The second-order valence-electron chi connectivity index (χ2n) is 9.53. The predicted molar refractivity (Wildman–Crippen MR) is 130 cm³/mol. The largest absolute Gasteiger partial charge is 0.481 e. The highest BCUT2D eigenvalue weighted by Crippen LogP contribution is 2.37. The van der Waals surface area contributed by atoms with Crippen molar-refractivity contribution in [3.8, 4) is 0 Å². The molecular formula is C27H30N4O3. The summed E-state index contributed by atoms with van der Waals surface area (Å²) in [6.07, 6.45) is 7.36. The van der Waals surface area contributed by atoms with Gasteiger partial charge in [0.05, 0.1) is 18.0 Å². The number of hydrogen-bond acceptors (Lipinski definition) is 5. The standard InChI is InChI=1S/C27H30N4O3/c32-25(33)15-24(21-14-19-4-1-2-6-23(19)29-16-21)31-27(34)20-12-17(13-20)7-9-22-10-8-18-5-3-11-28-26(18)30-22/h1-2,4,6,8,10,14,16-17,20,24H,3,5,7,9,11-13,15H2,(H,28,30)(H,31,34)(H,32,33)/t17-,20+,24-/m0/s1. The van der Waals surface area contributed by atoms with Crippen LogP contribution in [-0.2, 0) is 22.4 Å². The number of nitrogens with one attached hydrogen (secondary N) is 2. The summed E-state index contributed by atoms with van der Waals surface area (Å²) in [6.45, 7) is 0.987. The van der Waals surface area contributed by atoms with E-state index < -0.39 is 12.0 Å². The monoisotopic (exact) mass is 458 g/mol. The van der Waals surface area contributed by atoms with Gasteiger partial charge in [0.2, 0.25) is 5.91 Å². The molecule has 7 nitrogen and oxygen atoms in total. The summed E-state index contributed by atoms with van der Waals surface area (Å²) in [6, 6.07) is 13.3. The lowest BCUT2D eigenvalue weighted by molar-refractivity contribution is -0.138. The molecule has 3 aromatic rings. The Labute approximate surface area is 199 Å². The van der Waals surface area contributed by atoms with Crippen LogP contribution in [-0.4, -0.2) is 33.5 Å². The van der Waals surface area contributed by atoms with Gasteiger partial charge in [-0.3, -0.25) is 14.6 Å². The van der Waals surface area contributed by atoms with Gasteiger partial charge in [0, 0.05) is 29.7 Å². The number of fused-ring (bicyclic) bond motifs is 2. The number of carbonyl (C=O) groups is 2. The smallest absolute Gasteiger partial charge is 0.305 e. The summed E-state index contributed by atoms with van der Waals surface area (Å²) in [5, 5.41) is 16.7. The highest BCUT2D eigenvalue weighted by molar-refractivity contribution is 5.82. The molecule has 7 heteroatoms. The highest BCUT2D eigenvalue weighted by atomic mass is 16.4.